The van der Waals surface area contributed by atoms with Gasteiger partial charge in [-0.15, -0.1) is 5.10 Å². The van der Waals surface area contributed by atoms with Gasteiger partial charge in [0.1, 0.15) is 5.82 Å². The quantitative estimate of drug-likeness (QED) is 0.506. The van der Waals surface area contributed by atoms with Crippen molar-refractivity contribution in [3.63, 3.8) is 0 Å². The zero-order valence-corrected chi connectivity index (χ0v) is 8.81. The second-order valence-electron chi connectivity index (χ2n) is 3.51. The molecule has 4 N–H and O–H groups in total. The number of aliphatic hydroxyl groups is 1. The highest BCUT2D eigenvalue weighted by Gasteiger charge is 2.30. The van der Waals surface area contributed by atoms with Crippen LogP contribution in [0.4, 0.5) is 0 Å². The Kier molecular flexibility index (Phi) is 3.23. The zero-order valence-electron chi connectivity index (χ0n) is 8.81. The molecular formula is C8H12N4O4. The van der Waals surface area contributed by atoms with Gasteiger partial charge in [0, 0.05) is 0 Å². The van der Waals surface area contributed by atoms with Crippen LogP contribution < -0.4 is 5.32 Å². The highest BCUT2D eigenvalue weighted by Crippen LogP contribution is 2.01. The summed E-state index contributed by atoms with van der Waals surface area (Å²) in [5.41, 5.74) is -2.01. The van der Waals surface area contributed by atoms with Gasteiger partial charge in [0.05, 0.1) is 6.54 Å². The molecule has 1 aromatic heterocycles. The van der Waals surface area contributed by atoms with E-state index in [9.17, 15) is 14.7 Å². The number of carbonyl (C=O) groups is 2. The van der Waals surface area contributed by atoms with E-state index in [1.807, 2.05) is 0 Å². The number of carboxylic acid groups (broad SMARTS) is 1. The molecule has 1 aromatic rings. The van der Waals surface area contributed by atoms with Gasteiger partial charge in [-0.2, -0.15) is 0 Å². The lowest BCUT2D eigenvalue weighted by Gasteiger charge is -2.17. The van der Waals surface area contributed by atoms with Crippen LogP contribution in [0.25, 0.3) is 0 Å². The first kappa shape index (κ1) is 12.1. The van der Waals surface area contributed by atoms with Gasteiger partial charge in [-0.25, -0.2) is 9.78 Å². The molecule has 0 saturated heterocycles. The van der Waals surface area contributed by atoms with Crippen molar-refractivity contribution in [2.45, 2.75) is 19.4 Å². The Bertz CT molecular complexity index is 412. The number of aromatic amines is 1. The second kappa shape index (κ2) is 4.27. The van der Waals surface area contributed by atoms with Gasteiger partial charge in [-0.05, 0) is 13.8 Å². The third kappa shape index (κ3) is 2.76. The fourth-order valence-electron chi connectivity index (χ4n) is 0.851. The molecule has 1 rings (SSSR count). The molecule has 1 heterocycles. The van der Waals surface area contributed by atoms with Gasteiger partial charge >= 0.3 is 5.97 Å². The van der Waals surface area contributed by atoms with Crippen molar-refractivity contribution in [1.82, 2.24) is 20.5 Å². The van der Waals surface area contributed by atoms with E-state index in [1.54, 1.807) is 6.92 Å². The number of carbonyl (C=O) groups excluding carboxylic acids is 1. The monoisotopic (exact) mass is 228 g/mol. The predicted molar refractivity (Wildman–Crippen MR) is 51.7 cm³/mol. The van der Waals surface area contributed by atoms with Crippen LogP contribution in [0, 0.1) is 6.92 Å². The number of rotatable bonds is 4. The summed E-state index contributed by atoms with van der Waals surface area (Å²) in [5.74, 6) is -1.70. The summed E-state index contributed by atoms with van der Waals surface area (Å²) < 4.78 is 0. The fourth-order valence-corrected chi connectivity index (χ4v) is 0.851. The topological polar surface area (TPSA) is 128 Å². The molecular weight excluding hydrogens is 216 g/mol. The minimum absolute atomic E-state index is 0.0984. The van der Waals surface area contributed by atoms with E-state index in [2.05, 4.69) is 20.5 Å². The van der Waals surface area contributed by atoms with Crippen LogP contribution in [0.2, 0.25) is 0 Å². The maximum atomic E-state index is 11.4. The minimum Gasteiger partial charge on any atom is -0.479 e. The third-order valence-corrected chi connectivity index (χ3v) is 1.85. The highest BCUT2D eigenvalue weighted by atomic mass is 16.4. The molecule has 8 nitrogen and oxygen atoms in total. The second-order valence-corrected chi connectivity index (χ2v) is 3.51. The number of carboxylic acids is 1. The maximum Gasteiger partial charge on any atom is 0.337 e. The number of nitrogens with one attached hydrogen (secondary N) is 2. The molecule has 0 radical (unpaired) electrons. The average Bonchev–Trinajstić information content (AvgIpc) is 2.61. The van der Waals surface area contributed by atoms with E-state index >= 15 is 0 Å². The van der Waals surface area contributed by atoms with Crippen LogP contribution in [0.3, 0.4) is 0 Å². The van der Waals surface area contributed by atoms with Crippen molar-refractivity contribution in [2.75, 3.05) is 6.54 Å². The molecule has 88 valence electrons. The van der Waals surface area contributed by atoms with Crippen molar-refractivity contribution in [2.24, 2.45) is 0 Å². The largest absolute Gasteiger partial charge is 0.479 e. The number of hydrogen-bond acceptors (Lipinski definition) is 5. The van der Waals surface area contributed by atoms with Crippen LogP contribution in [-0.4, -0.2) is 49.4 Å². The first-order chi connectivity index (χ1) is 7.33. The lowest BCUT2D eigenvalue weighted by Crippen LogP contribution is -2.46. The average molecular weight is 228 g/mol. The van der Waals surface area contributed by atoms with Crippen molar-refractivity contribution >= 4 is 11.9 Å². The van der Waals surface area contributed by atoms with E-state index in [0.717, 1.165) is 6.92 Å². The van der Waals surface area contributed by atoms with E-state index < -0.39 is 24.0 Å². The molecule has 0 aliphatic carbocycles. The molecule has 0 aliphatic rings. The maximum absolute atomic E-state index is 11.4. The van der Waals surface area contributed by atoms with Crippen molar-refractivity contribution in [3.05, 3.63) is 11.6 Å². The fraction of sp³-hybridized carbons (Fsp3) is 0.500. The van der Waals surface area contributed by atoms with Crippen LogP contribution in [-0.2, 0) is 4.79 Å². The minimum atomic E-state index is -2.01. The summed E-state index contributed by atoms with van der Waals surface area (Å²) in [6.45, 7) is 2.28. The number of H-pyrrole nitrogens is 1. The number of hydrogen-bond donors (Lipinski definition) is 4. The first-order valence-corrected chi connectivity index (χ1v) is 4.46. The zero-order chi connectivity index (χ0) is 12.3. The third-order valence-electron chi connectivity index (χ3n) is 1.85. The predicted octanol–water partition coefficient (Wildman–Crippen LogP) is -1.32. The molecule has 0 saturated carbocycles. The standard InChI is InChI=1S/C8H12N4O4/c1-4-10-5(12-11-4)6(13)9-3-8(2,16)7(14)15/h16H,3H2,1-2H3,(H,9,13)(H,14,15)(H,10,11,12). The Balaban J connectivity index is 2.57. The Hall–Kier alpha value is -1.96. The molecule has 0 fully saturated rings. The number of nitrogens with zero attached hydrogens (tertiary/aromatic N) is 2. The van der Waals surface area contributed by atoms with Gasteiger partial charge in [0.2, 0.25) is 5.82 Å². The summed E-state index contributed by atoms with van der Waals surface area (Å²) in [4.78, 5) is 25.7. The van der Waals surface area contributed by atoms with E-state index in [4.69, 9.17) is 5.11 Å². The normalized spacial score (nSPS) is 14.2. The lowest BCUT2D eigenvalue weighted by molar-refractivity contribution is -0.155. The van der Waals surface area contributed by atoms with Crippen molar-refractivity contribution < 1.29 is 19.8 Å². The molecule has 0 aromatic carbocycles. The Morgan fingerprint density at radius 2 is 2.19 bits per heavy atom. The number of aromatic nitrogens is 3. The summed E-state index contributed by atoms with van der Waals surface area (Å²) in [6.07, 6.45) is 0. The van der Waals surface area contributed by atoms with Crippen LogP contribution in [0.1, 0.15) is 23.4 Å². The molecule has 16 heavy (non-hydrogen) atoms. The van der Waals surface area contributed by atoms with Gasteiger partial charge < -0.3 is 15.5 Å². The summed E-state index contributed by atoms with van der Waals surface area (Å²) >= 11 is 0. The van der Waals surface area contributed by atoms with Gasteiger partial charge in [-0.3, -0.25) is 9.89 Å². The molecule has 1 atom stereocenters. The van der Waals surface area contributed by atoms with Crippen LogP contribution in [0.15, 0.2) is 0 Å². The van der Waals surface area contributed by atoms with Crippen molar-refractivity contribution in [1.29, 1.82) is 0 Å². The smallest absolute Gasteiger partial charge is 0.337 e. The van der Waals surface area contributed by atoms with Gasteiger partial charge in [-0.1, -0.05) is 0 Å². The molecule has 1 amide bonds. The first-order valence-electron chi connectivity index (χ1n) is 4.46. The van der Waals surface area contributed by atoms with Gasteiger partial charge in [0.15, 0.2) is 5.60 Å². The molecule has 0 bridgehead atoms. The van der Waals surface area contributed by atoms with Crippen molar-refractivity contribution in [3.8, 4) is 0 Å². The SMILES string of the molecule is Cc1nc(C(=O)NCC(C)(O)C(=O)O)n[nH]1. The number of amides is 1. The summed E-state index contributed by atoms with van der Waals surface area (Å²) in [7, 11) is 0. The molecule has 0 spiro atoms. The van der Waals surface area contributed by atoms with Crippen LogP contribution >= 0.6 is 0 Å². The van der Waals surface area contributed by atoms with E-state index in [1.165, 1.54) is 0 Å². The van der Waals surface area contributed by atoms with E-state index in [0.29, 0.717) is 5.82 Å². The Morgan fingerprint density at radius 3 is 2.62 bits per heavy atom. The van der Waals surface area contributed by atoms with Gasteiger partial charge in [0.25, 0.3) is 5.91 Å². The highest BCUT2D eigenvalue weighted by molar-refractivity contribution is 5.91. The summed E-state index contributed by atoms with van der Waals surface area (Å²) in [5, 5.41) is 26.2. The Morgan fingerprint density at radius 1 is 1.56 bits per heavy atom. The molecule has 0 aliphatic heterocycles. The van der Waals surface area contributed by atoms with Crippen LogP contribution in [0.5, 0.6) is 0 Å². The Labute approximate surface area is 90.7 Å². The molecule has 1 unspecified atom stereocenters. The number of aliphatic carboxylic acids is 1. The van der Waals surface area contributed by atoms with E-state index in [-0.39, 0.29) is 5.82 Å². The molecule has 8 heteroatoms. The number of aryl methyl sites for hydroxylation is 1. The summed E-state index contributed by atoms with van der Waals surface area (Å²) in [6, 6.07) is 0. The lowest BCUT2D eigenvalue weighted by atomic mass is 10.1.